The van der Waals surface area contributed by atoms with E-state index >= 15 is 0 Å². The van der Waals surface area contributed by atoms with Crippen LogP contribution in [0.25, 0.3) is 11.4 Å². The van der Waals surface area contributed by atoms with E-state index in [-0.39, 0.29) is 22.5 Å². The number of carbonyl (C=O) groups excluding carboxylic acids is 2. The summed E-state index contributed by atoms with van der Waals surface area (Å²) in [6, 6.07) is 18.4. The number of thioether (sulfide) groups is 1. The molecule has 0 bridgehead atoms. The molecule has 4 rings (SSSR count). The van der Waals surface area contributed by atoms with Gasteiger partial charge in [-0.05, 0) is 17.5 Å². The SMILES string of the molecule is O=C(CSc1nc(-c2ccccc2)nn1C(=O)c1cccs1)Nc1cccc([N+](=O)[O-])c1. The summed E-state index contributed by atoms with van der Waals surface area (Å²) in [5, 5.41) is 20.0. The van der Waals surface area contributed by atoms with E-state index in [1.165, 1.54) is 34.2 Å². The third-order valence-electron chi connectivity index (χ3n) is 4.21. The highest BCUT2D eigenvalue weighted by Gasteiger charge is 2.21. The van der Waals surface area contributed by atoms with E-state index in [2.05, 4.69) is 15.4 Å². The van der Waals surface area contributed by atoms with Crippen molar-refractivity contribution in [2.45, 2.75) is 5.16 Å². The molecule has 0 radical (unpaired) electrons. The zero-order chi connectivity index (χ0) is 22.5. The molecule has 0 aliphatic carbocycles. The Labute approximate surface area is 190 Å². The Morgan fingerprint density at radius 2 is 1.91 bits per heavy atom. The second-order valence-corrected chi connectivity index (χ2v) is 8.31. The van der Waals surface area contributed by atoms with Crippen LogP contribution >= 0.6 is 23.1 Å². The number of non-ortho nitro benzene ring substituents is 1. The van der Waals surface area contributed by atoms with Gasteiger partial charge in [-0.15, -0.1) is 16.4 Å². The van der Waals surface area contributed by atoms with Crippen molar-refractivity contribution in [1.29, 1.82) is 0 Å². The maximum atomic E-state index is 12.9. The topological polar surface area (TPSA) is 120 Å². The van der Waals surface area contributed by atoms with Gasteiger partial charge in [0, 0.05) is 23.4 Å². The van der Waals surface area contributed by atoms with Crippen molar-refractivity contribution in [2.75, 3.05) is 11.1 Å². The first-order valence-electron chi connectivity index (χ1n) is 9.29. The Morgan fingerprint density at radius 3 is 2.62 bits per heavy atom. The van der Waals surface area contributed by atoms with Crippen molar-refractivity contribution in [3.8, 4) is 11.4 Å². The molecule has 4 aromatic rings. The number of aromatic nitrogens is 3. The van der Waals surface area contributed by atoms with E-state index < -0.39 is 10.8 Å². The summed E-state index contributed by atoms with van der Waals surface area (Å²) in [6.07, 6.45) is 0. The van der Waals surface area contributed by atoms with Gasteiger partial charge in [-0.25, -0.2) is 4.98 Å². The number of hydrogen-bond donors (Lipinski definition) is 1. The zero-order valence-corrected chi connectivity index (χ0v) is 18.0. The molecule has 1 N–H and O–H groups in total. The number of rotatable bonds is 7. The molecule has 2 aromatic heterocycles. The minimum Gasteiger partial charge on any atom is -0.325 e. The number of nitro groups is 1. The first kappa shape index (κ1) is 21.4. The molecule has 2 aromatic carbocycles. The minimum absolute atomic E-state index is 0.0622. The van der Waals surface area contributed by atoms with Crippen LogP contribution in [0.3, 0.4) is 0 Å². The van der Waals surface area contributed by atoms with Crippen LogP contribution < -0.4 is 5.32 Å². The summed E-state index contributed by atoms with van der Waals surface area (Å²) in [6.45, 7) is 0. The molecular formula is C21H15N5O4S2. The lowest BCUT2D eigenvalue weighted by Crippen LogP contribution is -2.17. The van der Waals surface area contributed by atoms with E-state index in [0.717, 1.165) is 17.3 Å². The molecule has 0 unspecified atom stereocenters. The number of hydrogen-bond acceptors (Lipinski definition) is 8. The number of carbonyl (C=O) groups is 2. The van der Waals surface area contributed by atoms with Crippen LogP contribution in [0.1, 0.15) is 9.67 Å². The van der Waals surface area contributed by atoms with Gasteiger partial charge in [0.2, 0.25) is 5.91 Å². The standard InChI is InChI=1S/C21H15N5O4S2/c27-18(22-15-8-4-9-16(12-15)26(29)30)13-32-21-23-19(14-6-2-1-3-7-14)24-25(21)20(28)17-10-5-11-31-17/h1-12H,13H2,(H,22,27). The lowest BCUT2D eigenvalue weighted by molar-refractivity contribution is -0.384. The maximum absolute atomic E-state index is 12.9. The van der Waals surface area contributed by atoms with Gasteiger partial charge in [-0.2, -0.15) is 4.68 Å². The largest absolute Gasteiger partial charge is 0.325 e. The van der Waals surface area contributed by atoms with Crippen LogP contribution in [0.4, 0.5) is 11.4 Å². The molecule has 0 atom stereocenters. The van der Waals surface area contributed by atoms with Gasteiger partial charge in [0.25, 0.3) is 11.6 Å². The average Bonchev–Trinajstić information content (AvgIpc) is 3.48. The predicted molar refractivity (Wildman–Crippen MR) is 122 cm³/mol. The number of nitrogens with one attached hydrogen (secondary N) is 1. The summed E-state index contributed by atoms with van der Waals surface area (Å²) < 4.78 is 1.19. The highest BCUT2D eigenvalue weighted by molar-refractivity contribution is 7.99. The molecule has 1 amide bonds. The first-order chi connectivity index (χ1) is 15.5. The molecule has 0 aliphatic rings. The first-order valence-corrected chi connectivity index (χ1v) is 11.2. The van der Waals surface area contributed by atoms with Crippen molar-refractivity contribution < 1.29 is 14.5 Å². The van der Waals surface area contributed by atoms with Crippen LogP contribution in [-0.2, 0) is 4.79 Å². The second-order valence-electron chi connectivity index (χ2n) is 6.42. The highest BCUT2D eigenvalue weighted by Crippen LogP contribution is 2.24. The van der Waals surface area contributed by atoms with E-state index in [0.29, 0.717) is 16.4 Å². The number of anilines is 1. The van der Waals surface area contributed by atoms with Gasteiger partial charge in [-0.3, -0.25) is 19.7 Å². The highest BCUT2D eigenvalue weighted by atomic mass is 32.2. The van der Waals surface area contributed by atoms with E-state index in [1.54, 1.807) is 23.6 Å². The Kier molecular flexibility index (Phi) is 6.38. The van der Waals surface area contributed by atoms with Crippen LogP contribution in [0.15, 0.2) is 77.3 Å². The van der Waals surface area contributed by atoms with Gasteiger partial charge in [0.15, 0.2) is 11.0 Å². The molecule has 0 saturated heterocycles. The Hall–Kier alpha value is -3.83. The van der Waals surface area contributed by atoms with Gasteiger partial charge >= 0.3 is 0 Å². The van der Waals surface area contributed by atoms with Gasteiger partial charge in [-0.1, -0.05) is 54.2 Å². The summed E-state index contributed by atoms with van der Waals surface area (Å²) in [7, 11) is 0. The van der Waals surface area contributed by atoms with Crippen LogP contribution in [0.5, 0.6) is 0 Å². The van der Waals surface area contributed by atoms with Crippen LogP contribution in [0.2, 0.25) is 0 Å². The van der Waals surface area contributed by atoms with Crippen molar-refractivity contribution in [3.05, 3.63) is 87.1 Å². The molecular weight excluding hydrogens is 450 g/mol. The number of nitro benzene ring substituents is 1. The molecule has 0 spiro atoms. The van der Waals surface area contributed by atoms with Crippen molar-refractivity contribution in [2.24, 2.45) is 0 Å². The molecule has 160 valence electrons. The fourth-order valence-electron chi connectivity index (χ4n) is 2.76. The second kappa shape index (κ2) is 9.54. The Balaban J connectivity index is 1.53. The van der Waals surface area contributed by atoms with Gasteiger partial charge in [0.05, 0.1) is 15.6 Å². The molecule has 9 nitrogen and oxygen atoms in total. The third kappa shape index (κ3) is 4.90. The van der Waals surface area contributed by atoms with Gasteiger partial charge in [0.1, 0.15) is 0 Å². The van der Waals surface area contributed by atoms with E-state index in [1.807, 2.05) is 30.3 Å². The maximum Gasteiger partial charge on any atom is 0.290 e. The summed E-state index contributed by atoms with van der Waals surface area (Å²) in [4.78, 5) is 40.6. The van der Waals surface area contributed by atoms with Crippen LogP contribution in [0, 0.1) is 10.1 Å². The molecule has 32 heavy (non-hydrogen) atoms. The normalized spacial score (nSPS) is 10.6. The van der Waals surface area contributed by atoms with Crippen molar-refractivity contribution in [1.82, 2.24) is 14.8 Å². The molecule has 2 heterocycles. The summed E-state index contributed by atoms with van der Waals surface area (Å²) >= 11 is 2.34. The number of nitrogens with zero attached hydrogens (tertiary/aromatic N) is 4. The van der Waals surface area contributed by atoms with E-state index in [4.69, 9.17) is 0 Å². The lowest BCUT2D eigenvalue weighted by Gasteiger charge is -2.05. The number of benzene rings is 2. The minimum atomic E-state index is -0.534. The quantitative estimate of drug-likeness (QED) is 0.245. The molecule has 11 heteroatoms. The predicted octanol–water partition coefficient (Wildman–Crippen LogP) is 4.33. The van der Waals surface area contributed by atoms with Crippen LogP contribution in [-0.4, -0.2) is 37.3 Å². The monoisotopic (exact) mass is 465 g/mol. The number of thiophene rings is 1. The fraction of sp³-hybridized carbons (Fsp3) is 0.0476. The fourth-order valence-corrected chi connectivity index (χ4v) is 4.14. The average molecular weight is 466 g/mol. The molecule has 0 aliphatic heterocycles. The van der Waals surface area contributed by atoms with Crippen molar-refractivity contribution >= 4 is 46.3 Å². The van der Waals surface area contributed by atoms with Gasteiger partial charge < -0.3 is 5.32 Å². The zero-order valence-electron chi connectivity index (χ0n) is 16.4. The lowest BCUT2D eigenvalue weighted by atomic mass is 10.2. The Morgan fingerprint density at radius 1 is 1.09 bits per heavy atom. The molecule has 0 fully saturated rings. The Bertz CT molecular complexity index is 1270. The number of amides is 1. The summed E-state index contributed by atoms with van der Waals surface area (Å²) in [5.41, 5.74) is 0.934. The smallest absolute Gasteiger partial charge is 0.290 e. The summed E-state index contributed by atoms with van der Waals surface area (Å²) in [5.74, 6) is -0.420. The van der Waals surface area contributed by atoms with Crippen molar-refractivity contribution in [3.63, 3.8) is 0 Å². The molecule has 0 saturated carbocycles. The third-order valence-corrected chi connectivity index (χ3v) is 5.99. The van der Waals surface area contributed by atoms with E-state index in [9.17, 15) is 19.7 Å².